The maximum Gasteiger partial charge on any atom is 0.260 e. The van der Waals surface area contributed by atoms with Crippen molar-refractivity contribution in [3.63, 3.8) is 0 Å². The van der Waals surface area contributed by atoms with Crippen LogP contribution in [0.4, 0.5) is 0 Å². The average molecular weight is 221 g/mol. The van der Waals surface area contributed by atoms with E-state index in [4.69, 9.17) is 4.74 Å². The lowest BCUT2D eigenvalue weighted by molar-refractivity contribution is -0.127. The Morgan fingerprint density at radius 2 is 2.12 bits per heavy atom. The second-order valence-corrected chi connectivity index (χ2v) is 3.92. The van der Waals surface area contributed by atoms with E-state index in [2.05, 4.69) is 5.32 Å². The lowest BCUT2D eigenvalue weighted by Crippen LogP contribution is -2.36. The van der Waals surface area contributed by atoms with Crippen LogP contribution in [0.5, 0.6) is 5.75 Å². The third kappa shape index (κ3) is 3.26. The number of amides is 1. The van der Waals surface area contributed by atoms with E-state index in [-0.39, 0.29) is 5.91 Å². The molecule has 16 heavy (non-hydrogen) atoms. The molecule has 1 unspecified atom stereocenters. The van der Waals surface area contributed by atoms with Crippen LogP contribution in [0.3, 0.4) is 0 Å². The van der Waals surface area contributed by atoms with Crippen molar-refractivity contribution < 1.29 is 9.53 Å². The largest absolute Gasteiger partial charge is 0.481 e. The Hall–Kier alpha value is -1.51. The first kappa shape index (κ1) is 12.6. The van der Waals surface area contributed by atoms with Crippen LogP contribution in [0.2, 0.25) is 0 Å². The molecule has 0 fully saturated rings. The molecule has 3 heteroatoms. The van der Waals surface area contributed by atoms with Gasteiger partial charge in [-0.25, -0.2) is 0 Å². The molecule has 3 nitrogen and oxygen atoms in total. The van der Waals surface area contributed by atoms with Crippen molar-refractivity contribution in [1.29, 1.82) is 0 Å². The highest BCUT2D eigenvalue weighted by Crippen LogP contribution is 2.20. The van der Waals surface area contributed by atoms with Gasteiger partial charge in [0.1, 0.15) is 5.75 Å². The van der Waals surface area contributed by atoms with Gasteiger partial charge in [0.15, 0.2) is 6.10 Å². The van der Waals surface area contributed by atoms with Crippen molar-refractivity contribution in [2.24, 2.45) is 0 Å². The zero-order valence-electron chi connectivity index (χ0n) is 10.3. The van der Waals surface area contributed by atoms with Crippen LogP contribution < -0.4 is 10.1 Å². The fourth-order valence-electron chi connectivity index (χ4n) is 1.40. The quantitative estimate of drug-likeness (QED) is 0.846. The van der Waals surface area contributed by atoms with Gasteiger partial charge in [0, 0.05) is 6.54 Å². The fourth-order valence-corrected chi connectivity index (χ4v) is 1.40. The number of aryl methyl sites for hydroxylation is 2. The van der Waals surface area contributed by atoms with Crippen molar-refractivity contribution in [2.75, 3.05) is 6.54 Å². The molecule has 0 aliphatic carbocycles. The lowest BCUT2D eigenvalue weighted by atomic mass is 10.1. The van der Waals surface area contributed by atoms with Crippen LogP contribution in [-0.2, 0) is 4.79 Å². The van der Waals surface area contributed by atoms with Crippen molar-refractivity contribution in [1.82, 2.24) is 5.32 Å². The maximum absolute atomic E-state index is 11.5. The van der Waals surface area contributed by atoms with E-state index in [1.54, 1.807) is 6.92 Å². The van der Waals surface area contributed by atoms with E-state index in [0.717, 1.165) is 16.9 Å². The summed E-state index contributed by atoms with van der Waals surface area (Å²) >= 11 is 0. The monoisotopic (exact) mass is 221 g/mol. The molecule has 1 atom stereocenters. The molecule has 0 heterocycles. The standard InChI is InChI=1S/C13H19NO2/c1-5-14-13(15)11(4)16-12-8-9(2)6-7-10(12)3/h6-8,11H,5H2,1-4H3,(H,14,15). The molecule has 1 rings (SSSR count). The summed E-state index contributed by atoms with van der Waals surface area (Å²) < 4.78 is 5.63. The molecule has 1 N–H and O–H groups in total. The fraction of sp³-hybridized carbons (Fsp3) is 0.462. The zero-order chi connectivity index (χ0) is 12.1. The second-order valence-electron chi connectivity index (χ2n) is 3.92. The van der Waals surface area contributed by atoms with Gasteiger partial charge >= 0.3 is 0 Å². The Morgan fingerprint density at radius 1 is 1.44 bits per heavy atom. The number of nitrogens with one attached hydrogen (secondary N) is 1. The summed E-state index contributed by atoms with van der Waals surface area (Å²) in [6.45, 7) is 8.25. The van der Waals surface area contributed by atoms with Gasteiger partial charge in [0.2, 0.25) is 0 Å². The van der Waals surface area contributed by atoms with Crippen LogP contribution in [0.1, 0.15) is 25.0 Å². The van der Waals surface area contributed by atoms with Crippen LogP contribution in [-0.4, -0.2) is 18.6 Å². The molecule has 0 aromatic heterocycles. The molecule has 0 bridgehead atoms. The third-order valence-corrected chi connectivity index (χ3v) is 2.37. The zero-order valence-corrected chi connectivity index (χ0v) is 10.3. The molecule has 1 amide bonds. The predicted molar refractivity (Wildman–Crippen MR) is 64.7 cm³/mol. The molecule has 0 radical (unpaired) electrons. The molecule has 0 spiro atoms. The number of rotatable bonds is 4. The van der Waals surface area contributed by atoms with Gasteiger partial charge < -0.3 is 10.1 Å². The first-order valence-corrected chi connectivity index (χ1v) is 5.56. The molecular formula is C13H19NO2. The van der Waals surface area contributed by atoms with Gasteiger partial charge in [-0.1, -0.05) is 12.1 Å². The molecule has 0 aliphatic heterocycles. The lowest BCUT2D eigenvalue weighted by Gasteiger charge is -2.16. The van der Waals surface area contributed by atoms with Crippen LogP contribution >= 0.6 is 0 Å². The van der Waals surface area contributed by atoms with Crippen molar-refractivity contribution in [3.05, 3.63) is 29.3 Å². The number of likely N-dealkylation sites (N-methyl/N-ethyl adjacent to an activating group) is 1. The number of carbonyl (C=O) groups is 1. The number of hydrogen-bond acceptors (Lipinski definition) is 2. The van der Waals surface area contributed by atoms with E-state index in [0.29, 0.717) is 6.54 Å². The van der Waals surface area contributed by atoms with Gasteiger partial charge in [-0.2, -0.15) is 0 Å². The Kier molecular flexibility index (Phi) is 4.35. The van der Waals surface area contributed by atoms with Gasteiger partial charge in [-0.05, 0) is 44.9 Å². The first-order chi connectivity index (χ1) is 7.54. The van der Waals surface area contributed by atoms with E-state index in [1.165, 1.54) is 0 Å². The van der Waals surface area contributed by atoms with Gasteiger partial charge in [0.25, 0.3) is 5.91 Å². The van der Waals surface area contributed by atoms with Crippen molar-refractivity contribution >= 4 is 5.91 Å². The Balaban J connectivity index is 2.72. The van der Waals surface area contributed by atoms with Gasteiger partial charge in [0.05, 0.1) is 0 Å². The van der Waals surface area contributed by atoms with E-state index in [9.17, 15) is 4.79 Å². The summed E-state index contributed by atoms with van der Waals surface area (Å²) in [5.74, 6) is 0.696. The molecule has 1 aromatic carbocycles. The summed E-state index contributed by atoms with van der Waals surface area (Å²) in [6.07, 6.45) is -0.458. The number of ether oxygens (including phenoxy) is 1. The van der Waals surface area contributed by atoms with E-state index in [1.807, 2.05) is 39.0 Å². The molecule has 88 valence electrons. The molecule has 0 saturated carbocycles. The number of hydrogen-bond donors (Lipinski definition) is 1. The third-order valence-electron chi connectivity index (χ3n) is 2.37. The SMILES string of the molecule is CCNC(=O)C(C)Oc1cc(C)ccc1C. The minimum Gasteiger partial charge on any atom is -0.481 e. The molecular weight excluding hydrogens is 202 g/mol. The summed E-state index contributed by atoms with van der Waals surface area (Å²) in [6, 6.07) is 5.97. The summed E-state index contributed by atoms with van der Waals surface area (Å²) in [4.78, 5) is 11.5. The average Bonchev–Trinajstić information content (AvgIpc) is 2.23. The van der Waals surface area contributed by atoms with Gasteiger partial charge in [-0.15, -0.1) is 0 Å². The smallest absolute Gasteiger partial charge is 0.260 e. The summed E-state index contributed by atoms with van der Waals surface area (Å²) in [7, 11) is 0. The maximum atomic E-state index is 11.5. The minimum atomic E-state index is -0.458. The number of benzene rings is 1. The Bertz CT molecular complexity index is 374. The van der Waals surface area contributed by atoms with E-state index < -0.39 is 6.10 Å². The Morgan fingerprint density at radius 3 is 2.75 bits per heavy atom. The molecule has 1 aromatic rings. The highest BCUT2D eigenvalue weighted by Gasteiger charge is 2.14. The second kappa shape index (κ2) is 5.54. The highest BCUT2D eigenvalue weighted by atomic mass is 16.5. The highest BCUT2D eigenvalue weighted by molar-refractivity contribution is 5.80. The molecule has 0 aliphatic rings. The summed E-state index contributed by atoms with van der Waals surface area (Å²) in [5, 5.41) is 2.74. The summed E-state index contributed by atoms with van der Waals surface area (Å²) in [5.41, 5.74) is 2.17. The van der Waals surface area contributed by atoms with Crippen LogP contribution in [0, 0.1) is 13.8 Å². The van der Waals surface area contributed by atoms with Crippen molar-refractivity contribution in [2.45, 2.75) is 33.8 Å². The van der Waals surface area contributed by atoms with Crippen LogP contribution in [0.15, 0.2) is 18.2 Å². The van der Waals surface area contributed by atoms with Crippen LogP contribution in [0.25, 0.3) is 0 Å². The minimum absolute atomic E-state index is 0.0802. The predicted octanol–water partition coefficient (Wildman–Crippen LogP) is 2.21. The number of carbonyl (C=O) groups excluding carboxylic acids is 1. The van der Waals surface area contributed by atoms with Gasteiger partial charge in [-0.3, -0.25) is 4.79 Å². The first-order valence-electron chi connectivity index (χ1n) is 5.56. The Labute approximate surface area is 96.8 Å². The van der Waals surface area contributed by atoms with Crippen molar-refractivity contribution in [3.8, 4) is 5.75 Å². The molecule has 0 saturated heterocycles. The normalized spacial score (nSPS) is 12.0. The topological polar surface area (TPSA) is 38.3 Å². The van der Waals surface area contributed by atoms with E-state index >= 15 is 0 Å².